The van der Waals surface area contributed by atoms with Crippen LogP contribution in [0.15, 0.2) is 36.5 Å². The third-order valence-corrected chi connectivity index (χ3v) is 3.45. The first-order chi connectivity index (χ1) is 11.2. The lowest BCUT2D eigenvalue weighted by atomic mass is 10.0. The van der Waals surface area contributed by atoms with Crippen LogP contribution in [0.25, 0.3) is 16.8 Å². The van der Waals surface area contributed by atoms with Crippen molar-refractivity contribution >= 4 is 29.1 Å². The van der Waals surface area contributed by atoms with Gasteiger partial charge in [-0.25, -0.2) is 4.52 Å². The molecule has 0 saturated carbocycles. The highest BCUT2D eigenvalue weighted by Crippen LogP contribution is 2.38. The first-order valence-electron chi connectivity index (χ1n) is 6.75. The number of alkyl halides is 3. The van der Waals surface area contributed by atoms with Crippen molar-refractivity contribution in [3.63, 3.8) is 0 Å². The number of nitrogens with one attached hydrogen (secondary N) is 1. The molecule has 5 nitrogen and oxygen atoms in total. The number of anilines is 1. The highest BCUT2D eigenvalue weighted by atomic mass is 35.5. The smallest absolute Gasteiger partial charge is 0.293 e. The molecule has 0 aliphatic carbocycles. The molecule has 1 aromatic carbocycles. The largest absolute Gasteiger partial charge is 0.417 e. The molecule has 2 aromatic heterocycles. The monoisotopic (exact) mass is 354 g/mol. The number of carbonyl (C=O) groups is 1. The third kappa shape index (κ3) is 3.18. The number of carbonyl (C=O) groups excluding carboxylic acids is 1. The van der Waals surface area contributed by atoms with Gasteiger partial charge in [-0.15, -0.1) is 5.10 Å². The normalized spacial score (nSPS) is 11.7. The zero-order valence-corrected chi connectivity index (χ0v) is 13.0. The number of aromatic nitrogens is 3. The van der Waals surface area contributed by atoms with Crippen LogP contribution in [0.4, 0.5) is 19.1 Å². The van der Waals surface area contributed by atoms with Gasteiger partial charge in [0.25, 0.3) is 0 Å². The summed E-state index contributed by atoms with van der Waals surface area (Å²) in [4.78, 5) is 15.1. The van der Waals surface area contributed by atoms with Gasteiger partial charge in [-0.2, -0.15) is 18.2 Å². The topological polar surface area (TPSA) is 59.3 Å². The van der Waals surface area contributed by atoms with E-state index in [0.717, 1.165) is 6.07 Å². The van der Waals surface area contributed by atoms with Crippen molar-refractivity contribution in [2.45, 2.75) is 13.1 Å². The summed E-state index contributed by atoms with van der Waals surface area (Å²) in [6, 6.07) is 6.59. The summed E-state index contributed by atoms with van der Waals surface area (Å²) in [5, 5.41) is 6.43. The summed E-state index contributed by atoms with van der Waals surface area (Å²) in [6.07, 6.45) is -3.13. The Morgan fingerprint density at radius 1 is 1.25 bits per heavy atom. The van der Waals surface area contributed by atoms with Gasteiger partial charge in [0.2, 0.25) is 11.9 Å². The van der Waals surface area contributed by atoms with E-state index in [1.807, 2.05) is 0 Å². The summed E-state index contributed by atoms with van der Waals surface area (Å²) >= 11 is 5.69. The molecule has 24 heavy (non-hydrogen) atoms. The van der Waals surface area contributed by atoms with Crippen LogP contribution in [0.2, 0.25) is 5.02 Å². The SMILES string of the molecule is CC(=O)Nc1nc2ccc(-c3ccc(Cl)cc3C(F)(F)F)cn2n1. The fourth-order valence-corrected chi connectivity index (χ4v) is 2.43. The van der Waals surface area contributed by atoms with Crippen LogP contribution in [0, 0.1) is 0 Å². The molecule has 0 fully saturated rings. The minimum atomic E-state index is -4.54. The molecule has 1 N–H and O–H groups in total. The number of amides is 1. The van der Waals surface area contributed by atoms with Gasteiger partial charge in [-0.3, -0.25) is 10.1 Å². The van der Waals surface area contributed by atoms with Crippen LogP contribution < -0.4 is 5.32 Å². The summed E-state index contributed by atoms with van der Waals surface area (Å²) in [5.74, 6) is -0.269. The molecular formula is C15H10ClF3N4O. The predicted octanol–water partition coefficient (Wildman–Crippen LogP) is 4.03. The number of nitrogens with zero attached hydrogens (tertiary/aromatic N) is 3. The van der Waals surface area contributed by atoms with Gasteiger partial charge in [-0.1, -0.05) is 17.7 Å². The van der Waals surface area contributed by atoms with Gasteiger partial charge in [0.1, 0.15) is 0 Å². The van der Waals surface area contributed by atoms with Gasteiger partial charge in [0.15, 0.2) is 5.65 Å². The molecule has 9 heteroatoms. The van der Waals surface area contributed by atoms with Crippen molar-refractivity contribution in [2.24, 2.45) is 0 Å². The van der Waals surface area contributed by atoms with E-state index in [1.54, 1.807) is 0 Å². The van der Waals surface area contributed by atoms with Crippen molar-refractivity contribution in [1.82, 2.24) is 14.6 Å². The van der Waals surface area contributed by atoms with Crippen LogP contribution in [-0.4, -0.2) is 20.5 Å². The second kappa shape index (κ2) is 5.79. The Kier molecular flexibility index (Phi) is 3.92. The number of hydrogen-bond donors (Lipinski definition) is 1. The van der Waals surface area contributed by atoms with E-state index in [2.05, 4.69) is 15.4 Å². The zero-order chi connectivity index (χ0) is 17.5. The van der Waals surface area contributed by atoms with Crippen molar-refractivity contribution in [3.8, 4) is 11.1 Å². The summed E-state index contributed by atoms with van der Waals surface area (Å²) < 4.78 is 41.0. The van der Waals surface area contributed by atoms with Crippen molar-refractivity contribution < 1.29 is 18.0 Å². The lowest BCUT2D eigenvalue weighted by molar-refractivity contribution is -0.137. The van der Waals surface area contributed by atoms with E-state index in [4.69, 9.17) is 11.6 Å². The van der Waals surface area contributed by atoms with E-state index < -0.39 is 11.7 Å². The second-order valence-corrected chi connectivity index (χ2v) is 5.46. The first kappa shape index (κ1) is 16.3. The molecule has 0 atom stereocenters. The number of benzene rings is 1. The molecule has 3 aromatic rings. The maximum Gasteiger partial charge on any atom is 0.417 e. The molecule has 0 aliphatic heterocycles. The molecule has 0 aliphatic rings. The Hall–Kier alpha value is -2.61. The van der Waals surface area contributed by atoms with E-state index >= 15 is 0 Å². The number of fused-ring (bicyclic) bond motifs is 1. The van der Waals surface area contributed by atoms with Gasteiger partial charge in [0, 0.05) is 23.7 Å². The molecule has 0 radical (unpaired) electrons. The molecule has 0 bridgehead atoms. The van der Waals surface area contributed by atoms with E-state index in [0.29, 0.717) is 11.2 Å². The Balaban J connectivity index is 2.11. The Morgan fingerprint density at radius 3 is 2.67 bits per heavy atom. The standard InChI is InChI=1S/C15H10ClF3N4O/c1-8(24)20-14-21-13-5-2-9(7-23(13)22-14)11-4-3-10(16)6-12(11)15(17,18)19/h2-7H,1H3,(H,20,22,24). The van der Waals surface area contributed by atoms with Crippen LogP contribution in [0.3, 0.4) is 0 Å². The second-order valence-electron chi connectivity index (χ2n) is 5.02. The van der Waals surface area contributed by atoms with Crippen molar-refractivity contribution in [3.05, 3.63) is 47.1 Å². The van der Waals surface area contributed by atoms with Gasteiger partial charge in [0.05, 0.1) is 5.56 Å². The number of pyridine rings is 1. The molecule has 0 unspecified atom stereocenters. The maximum atomic E-state index is 13.2. The van der Waals surface area contributed by atoms with E-state index in [1.165, 1.54) is 41.9 Å². The van der Waals surface area contributed by atoms with Crippen LogP contribution in [0.5, 0.6) is 0 Å². The van der Waals surface area contributed by atoms with Crippen LogP contribution in [-0.2, 0) is 11.0 Å². The molecule has 0 spiro atoms. The summed E-state index contributed by atoms with van der Waals surface area (Å²) in [7, 11) is 0. The quantitative estimate of drug-likeness (QED) is 0.756. The van der Waals surface area contributed by atoms with E-state index in [-0.39, 0.29) is 22.4 Å². The average molecular weight is 355 g/mol. The predicted molar refractivity (Wildman–Crippen MR) is 82.7 cm³/mol. The number of rotatable bonds is 2. The van der Waals surface area contributed by atoms with Gasteiger partial charge >= 0.3 is 6.18 Å². The van der Waals surface area contributed by atoms with Crippen molar-refractivity contribution in [2.75, 3.05) is 5.32 Å². The van der Waals surface area contributed by atoms with Crippen molar-refractivity contribution in [1.29, 1.82) is 0 Å². The Labute approximate surface area is 139 Å². The highest BCUT2D eigenvalue weighted by molar-refractivity contribution is 6.30. The Bertz CT molecular complexity index is 936. The van der Waals surface area contributed by atoms with Gasteiger partial charge < -0.3 is 0 Å². The molecule has 0 saturated heterocycles. The number of halogens is 4. The average Bonchev–Trinajstić information content (AvgIpc) is 2.86. The zero-order valence-electron chi connectivity index (χ0n) is 12.2. The van der Waals surface area contributed by atoms with Crippen LogP contribution in [0.1, 0.15) is 12.5 Å². The lowest BCUT2D eigenvalue weighted by Gasteiger charge is -2.13. The molecule has 124 valence electrons. The summed E-state index contributed by atoms with van der Waals surface area (Å²) in [5.41, 5.74) is -0.169. The fraction of sp³-hybridized carbons (Fsp3) is 0.133. The minimum Gasteiger partial charge on any atom is -0.293 e. The molecular weight excluding hydrogens is 345 g/mol. The number of hydrogen-bond acceptors (Lipinski definition) is 3. The molecule has 2 heterocycles. The highest BCUT2D eigenvalue weighted by Gasteiger charge is 2.34. The molecule has 1 amide bonds. The minimum absolute atomic E-state index is 0.000790. The third-order valence-electron chi connectivity index (χ3n) is 3.22. The Morgan fingerprint density at radius 2 is 2.00 bits per heavy atom. The first-order valence-corrected chi connectivity index (χ1v) is 7.13. The summed E-state index contributed by atoms with van der Waals surface area (Å²) in [6.45, 7) is 1.31. The lowest BCUT2D eigenvalue weighted by Crippen LogP contribution is -2.07. The fourth-order valence-electron chi connectivity index (χ4n) is 2.26. The van der Waals surface area contributed by atoms with E-state index in [9.17, 15) is 18.0 Å². The van der Waals surface area contributed by atoms with Crippen LogP contribution >= 0.6 is 11.6 Å². The maximum absolute atomic E-state index is 13.2. The molecule has 3 rings (SSSR count). The van der Waals surface area contributed by atoms with Gasteiger partial charge in [-0.05, 0) is 29.8 Å².